The van der Waals surface area contributed by atoms with Crippen molar-refractivity contribution >= 4 is 21.7 Å². The average molecular weight is 227 g/mol. The van der Waals surface area contributed by atoms with Crippen LogP contribution in [-0.4, -0.2) is 10.9 Å². The van der Waals surface area contributed by atoms with Crippen LogP contribution in [-0.2, 0) is 17.6 Å². The molecule has 2 nitrogen and oxygen atoms in total. The summed E-state index contributed by atoms with van der Waals surface area (Å²) in [5.41, 5.74) is 1.73. The number of hydrogen-bond donors (Lipinski definition) is 1. The number of phenols is 1. The molecular weight excluding hydrogens is 220 g/mol. The highest BCUT2D eigenvalue weighted by Crippen LogP contribution is 2.33. The molecule has 2 rings (SSSR count). The standard InChI is InChI=1S/C9H7BrO2/c10-8-1-2-9(12)7-4-5(11)3-6(7)8/h1-2,12H,3-4H2. The summed E-state index contributed by atoms with van der Waals surface area (Å²) in [6.07, 6.45) is 0.824. The Labute approximate surface area is 78.3 Å². The van der Waals surface area contributed by atoms with Gasteiger partial charge in [-0.15, -0.1) is 0 Å². The molecule has 62 valence electrons. The quantitative estimate of drug-likeness (QED) is 0.733. The normalized spacial score (nSPS) is 14.9. The highest BCUT2D eigenvalue weighted by atomic mass is 79.9. The molecule has 0 spiro atoms. The summed E-state index contributed by atoms with van der Waals surface area (Å²) < 4.78 is 0.918. The zero-order valence-corrected chi connectivity index (χ0v) is 7.89. The molecule has 0 saturated carbocycles. The van der Waals surface area contributed by atoms with E-state index in [-0.39, 0.29) is 11.5 Å². The number of phenolic OH excluding ortho intramolecular Hbond substituents is 1. The van der Waals surface area contributed by atoms with E-state index in [1.807, 2.05) is 0 Å². The van der Waals surface area contributed by atoms with Gasteiger partial charge in [0.25, 0.3) is 0 Å². The summed E-state index contributed by atoms with van der Waals surface area (Å²) in [4.78, 5) is 11.1. The highest BCUT2D eigenvalue weighted by molar-refractivity contribution is 9.10. The molecular formula is C9H7BrO2. The van der Waals surface area contributed by atoms with Crippen LogP contribution in [0.3, 0.4) is 0 Å². The second kappa shape index (κ2) is 2.59. The average Bonchev–Trinajstić information content (AvgIpc) is 2.41. The van der Waals surface area contributed by atoms with Crippen molar-refractivity contribution < 1.29 is 9.90 Å². The maximum absolute atomic E-state index is 11.1. The molecule has 0 heterocycles. The lowest BCUT2D eigenvalue weighted by atomic mass is 10.1. The Morgan fingerprint density at radius 1 is 1.25 bits per heavy atom. The maximum Gasteiger partial charge on any atom is 0.141 e. The Balaban J connectivity index is 2.64. The van der Waals surface area contributed by atoms with E-state index >= 15 is 0 Å². The van der Waals surface area contributed by atoms with E-state index in [1.165, 1.54) is 0 Å². The Bertz CT molecular complexity index is 325. The number of rotatable bonds is 0. The minimum atomic E-state index is 0.173. The first kappa shape index (κ1) is 7.80. The molecule has 0 saturated heterocycles. The van der Waals surface area contributed by atoms with Gasteiger partial charge in [0.1, 0.15) is 11.5 Å². The molecule has 12 heavy (non-hydrogen) atoms. The van der Waals surface area contributed by atoms with Gasteiger partial charge in [-0.1, -0.05) is 15.9 Å². The lowest BCUT2D eigenvalue weighted by molar-refractivity contribution is -0.117. The molecule has 0 amide bonds. The van der Waals surface area contributed by atoms with Gasteiger partial charge in [-0.25, -0.2) is 0 Å². The Kier molecular flexibility index (Phi) is 1.68. The predicted molar refractivity (Wildman–Crippen MR) is 48.2 cm³/mol. The first-order chi connectivity index (χ1) is 5.68. The third kappa shape index (κ3) is 1.05. The second-order valence-electron chi connectivity index (χ2n) is 2.92. The number of aromatic hydroxyl groups is 1. The Morgan fingerprint density at radius 2 is 1.92 bits per heavy atom. The van der Waals surface area contributed by atoms with Crippen LogP contribution in [0.2, 0.25) is 0 Å². The fraction of sp³-hybridized carbons (Fsp3) is 0.222. The summed E-state index contributed by atoms with van der Waals surface area (Å²) in [6.45, 7) is 0. The van der Waals surface area contributed by atoms with Crippen LogP contribution in [0.25, 0.3) is 0 Å². The van der Waals surface area contributed by atoms with Crippen LogP contribution in [0.4, 0.5) is 0 Å². The molecule has 0 unspecified atom stereocenters. The summed E-state index contributed by atoms with van der Waals surface area (Å²) in [5, 5.41) is 9.40. The van der Waals surface area contributed by atoms with Gasteiger partial charge in [0.2, 0.25) is 0 Å². The number of carbonyl (C=O) groups excluding carboxylic acids is 1. The molecule has 1 aliphatic carbocycles. The number of carbonyl (C=O) groups is 1. The minimum absolute atomic E-state index is 0.173. The summed E-state index contributed by atoms with van der Waals surface area (Å²) in [6, 6.07) is 3.38. The summed E-state index contributed by atoms with van der Waals surface area (Å²) >= 11 is 3.35. The van der Waals surface area contributed by atoms with Crippen molar-refractivity contribution in [2.24, 2.45) is 0 Å². The van der Waals surface area contributed by atoms with Crippen molar-refractivity contribution in [2.75, 3.05) is 0 Å². The van der Waals surface area contributed by atoms with Crippen LogP contribution in [0, 0.1) is 0 Å². The molecule has 1 aromatic carbocycles. The molecule has 0 fully saturated rings. The van der Waals surface area contributed by atoms with Gasteiger partial charge >= 0.3 is 0 Å². The van der Waals surface area contributed by atoms with Crippen molar-refractivity contribution in [3.63, 3.8) is 0 Å². The van der Waals surface area contributed by atoms with E-state index in [2.05, 4.69) is 15.9 Å². The van der Waals surface area contributed by atoms with E-state index in [4.69, 9.17) is 0 Å². The minimum Gasteiger partial charge on any atom is -0.508 e. The van der Waals surface area contributed by atoms with Crippen LogP contribution >= 0.6 is 15.9 Å². The van der Waals surface area contributed by atoms with Gasteiger partial charge in [0.05, 0.1) is 0 Å². The van der Waals surface area contributed by atoms with Gasteiger partial charge < -0.3 is 5.11 Å². The van der Waals surface area contributed by atoms with Crippen molar-refractivity contribution in [2.45, 2.75) is 12.8 Å². The van der Waals surface area contributed by atoms with E-state index in [0.717, 1.165) is 15.6 Å². The van der Waals surface area contributed by atoms with Crippen LogP contribution in [0.5, 0.6) is 5.75 Å². The Morgan fingerprint density at radius 3 is 2.58 bits per heavy atom. The molecule has 0 bridgehead atoms. The van der Waals surface area contributed by atoms with E-state index in [0.29, 0.717) is 12.8 Å². The zero-order chi connectivity index (χ0) is 8.72. The molecule has 0 radical (unpaired) electrons. The zero-order valence-electron chi connectivity index (χ0n) is 6.30. The lowest BCUT2D eigenvalue weighted by Crippen LogP contribution is -1.92. The van der Waals surface area contributed by atoms with Crippen LogP contribution in [0.1, 0.15) is 11.1 Å². The fourth-order valence-corrected chi connectivity index (χ4v) is 2.01. The van der Waals surface area contributed by atoms with Gasteiger partial charge in [-0.2, -0.15) is 0 Å². The number of halogens is 1. The second-order valence-corrected chi connectivity index (χ2v) is 3.77. The largest absolute Gasteiger partial charge is 0.508 e. The monoisotopic (exact) mass is 226 g/mol. The maximum atomic E-state index is 11.1. The van der Waals surface area contributed by atoms with Crippen molar-refractivity contribution in [3.05, 3.63) is 27.7 Å². The topological polar surface area (TPSA) is 37.3 Å². The van der Waals surface area contributed by atoms with E-state index in [1.54, 1.807) is 12.1 Å². The van der Waals surface area contributed by atoms with Crippen molar-refractivity contribution in [1.29, 1.82) is 0 Å². The third-order valence-corrected chi connectivity index (χ3v) is 2.84. The van der Waals surface area contributed by atoms with Crippen LogP contribution < -0.4 is 0 Å². The Hall–Kier alpha value is -0.830. The number of fused-ring (bicyclic) bond motifs is 1. The van der Waals surface area contributed by atoms with Gasteiger partial charge in [0.15, 0.2) is 0 Å². The summed E-state index contributed by atoms with van der Waals surface area (Å²) in [5.74, 6) is 0.409. The first-order valence-corrected chi connectivity index (χ1v) is 4.48. The number of benzene rings is 1. The summed E-state index contributed by atoms with van der Waals surface area (Å²) in [7, 11) is 0. The highest BCUT2D eigenvalue weighted by Gasteiger charge is 2.23. The lowest BCUT2D eigenvalue weighted by Gasteiger charge is -2.02. The molecule has 0 aliphatic heterocycles. The van der Waals surface area contributed by atoms with Crippen molar-refractivity contribution in [1.82, 2.24) is 0 Å². The molecule has 1 N–H and O–H groups in total. The van der Waals surface area contributed by atoms with Crippen LogP contribution in [0.15, 0.2) is 16.6 Å². The first-order valence-electron chi connectivity index (χ1n) is 3.69. The predicted octanol–water partition coefficient (Wildman–Crippen LogP) is 1.82. The number of Topliss-reactive ketones (excluding diaryl/α,β-unsaturated/α-hetero) is 1. The van der Waals surface area contributed by atoms with Crippen molar-refractivity contribution in [3.8, 4) is 5.75 Å². The van der Waals surface area contributed by atoms with Gasteiger partial charge in [0, 0.05) is 22.9 Å². The van der Waals surface area contributed by atoms with Gasteiger partial charge in [-0.05, 0) is 17.7 Å². The number of ketones is 1. The SMILES string of the molecule is O=C1Cc2c(O)ccc(Br)c2C1. The number of hydrogen-bond acceptors (Lipinski definition) is 2. The molecule has 1 aromatic rings. The molecule has 3 heteroatoms. The molecule has 0 aromatic heterocycles. The van der Waals surface area contributed by atoms with E-state index < -0.39 is 0 Å². The smallest absolute Gasteiger partial charge is 0.141 e. The fourth-order valence-electron chi connectivity index (χ4n) is 1.50. The molecule has 0 atom stereocenters. The van der Waals surface area contributed by atoms with E-state index in [9.17, 15) is 9.90 Å². The third-order valence-electron chi connectivity index (χ3n) is 2.10. The van der Waals surface area contributed by atoms with Gasteiger partial charge in [-0.3, -0.25) is 4.79 Å². The molecule has 1 aliphatic rings.